The quantitative estimate of drug-likeness (QED) is 0.602. The fraction of sp³-hybridized carbons (Fsp3) is 0.391. The van der Waals surface area contributed by atoms with Crippen LogP contribution in [0.5, 0.6) is 11.5 Å². The number of aromatic nitrogens is 2. The minimum Gasteiger partial charge on any atom is -0.457 e. The van der Waals surface area contributed by atoms with Crippen LogP contribution in [-0.2, 0) is 16.1 Å². The highest BCUT2D eigenvalue weighted by Gasteiger charge is 2.27. The van der Waals surface area contributed by atoms with Crippen molar-refractivity contribution in [2.24, 2.45) is 5.73 Å². The van der Waals surface area contributed by atoms with Crippen LogP contribution in [0.25, 0.3) is 11.0 Å². The van der Waals surface area contributed by atoms with Gasteiger partial charge in [-0.25, -0.2) is 9.37 Å². The molecule has 0 radical (unpaired) electrons. The second kappa shape index (κ2) is 8.64. The van der Waals surface area contributed by atoms with Gasteiger partial charge in [0.2, 0.25) is 5.91 Å². The van der Waals surface area contributed by atoms with Crippen LogP contribution < -0.4 is 15.8 Å². The molecule has 1 amide bonds. The first-order valence-electron chi connectivity index (χ1n) is 10.4. The van der Waals surface area contributed by atoms with E-state index in [9.17, 15) is 9.18 Å². The highest BCUT2D eigenvalue weighted by molar-refractivity contribution is 5.83. The van der Waals surface area contributed by atoms with E-state index in [2.05, 4.69) is 9.88 Å². The molecule has 4 rings (SSSR count). The number of amides is 1. The van der Waals surface area contributed by atoms with Crippen molar-refractivity contribution in [3.8, 4) is 11.5 Å². The van der Waals surface area contributed by atoms with E-state index < -0.39 is 11.4 Å². The summed E-state index contributed by atoms with van der Waals surface area (Å²) in [4.78, 5) is 16.5. The molecule has 164 valence electrons. The Kier molecular flexibility index (Phi) is 5.93. The van der Waals surface area contributed by atoms with Crippen LogP contribution in [0.1, 0.15) is 38.6 Å². The van der Waals surface area contributed by atoms with Crippen molar-refractivity contribution in [1.29, 1.82) is 0 Å². The molecule has 2 aromatic carbocycles. The standard InChI is InChI=1S/C23H27FN4O3/c1-23(2,22(25)29)26-14-21-27-19-8-7-18(31-17-5-3-15(24)4-6-17)13-20(19)28(21)16-9-11-30-12-10-16/h3-8,13,16,26H,9-12,14H2,1-2H3,(H2,25,29). The number of nitrogens with two attached hydrogens (primary N) is 1. The summed E-state index contributed by atoms with van der Waals surface area (Å²) in [5, 5.41) is 3.22. The summed E-state index contributed by atoms with van der Waals surface area (Å²) in [7, 11) is 0. The number of primary amides is 1. The summed E-state index contributed by atoms with van der Waals surface area (Å²) in [6.07, 6.45) is 1.75. The van der Waals surface area contributed by atoms with Gasteiger partial charge in [0.05, 0.1) is 23.1 Å². The normalized spacial score (nSPS) is 15.3. The molecule has 1 aliphatic heterocycles. The van der Waals surface area contributed by atoms with E-state index in [0.717, 1.165) is 29.7 Å². The molecular weight excluding hydrogens is 399 g/mol. The summed E-state index contributed by atoms with van der Waals surface area (Å²) in [6.45, 7) is 5.29. The molecule has 0 atom stereocenters. The fourth-order valence-corrected chi connectivity index (χ4v) is 3.69. The number of benzene rings is 2. The third kappa shape index (κ3) is 4.70. The van der Waals surface area contributed by atoms with Crippen molar-refractivity contribution >= 4 is 16.9 Å². The molecule has 0 unspecified atom stereocenters. The molecular formula is C23H27FN4O3. The van der Waals surface area contributed by atoms with Gasteiger partial charge in [0.15, 0.2) is 0 Å². The van der Waals surface area contributed by atoms with Crippen molar-refractivity contribution in [2.45, 2.75) is 44.8 Å². The maximum absolute atomic E-state index is 13.2. The van der Waals surface area contributed by atoms with Crippen LogP contribution in [0, 0.1) is 5.82 Å². The Morgan fingerprint density at radius 3 is 2.58 bits per heavy atom. The van der Waals surface area contributed by atoms with Crippen molar-refractivity contribution < 1.29 is 18.7 Å². The number of ether oxygens (including phenoxy) is 2. The third-order valence-electron chi connectivity index (χ3n) is 5.64. The summed E-state index contributed by atoms with van der Waals surface area (Å²) >= 11 is 0. The average Bonchev–Trinajstić information content (AvgIpc) is 3.12. The smallest absolute Gasteiger partial charge is 0.237 e. The summed E-state index contributed by atoms with van der Waals surface area (Å²) in [6, 6.07) is 11.9. The third-order valence-corrected chi connectivity index (χ3v) is 5.64. The van der Waals surface area contributed by atoms with Gasteiger partial charge in [-0.3, -0.25) is 10.1 Å². The summed E-state index contributed by atoms with van der Waals surface area (Å²) < 4.78 is 26.9. The molecule has 0 saturated carbocycles. The van der Waals surface area contributed by atoms with Gasteiger partial charge in [-0.1, -0.05) is 0 Å². The van der Waals surface area contributed by atoms with E-state index in [-0.39, 0.29) is 11.9 Å². The maximum atomic E-state index is 13.2. The Hall–Kier alpha value is -2.97. The van der Waals surface area contributed by atoms with Gasteiger partial charge in [-0.05, 0) is 63.1 Å². The van der Waals surface area contributed by atoms with Crippen molar-refractivity contribution in [3.63, 3.8) is 0 Å². The van der Waals surface area contributed by atoms with Crippen LogP contribution >= 0.6 is 0 Å². The van der Waals surface area contributed by atoms with Gasteiger partial charge in [-0.15, -0.1) is 0 Å². The second-order valence-corrected chi connectivity index (χ2v) is 8.29. The Morgan fingerprint density at radius 1 is 1.23 bits per heavy atom. The van der Waals surface area contributed by atoms with E-state index in [1.54, 1.807) is 26.0 Å². The van der Waals surface area contributed by atoms with Crippen LogP contribution in [-0.4, -0.2) is 34.2 Å². The zero-order valence-electron chi connectivity index (χ0n) is 17.7. The van der Waals surface area contributed by atoms with E-state index >= 15 is 0 Å². The molecule has 1 aliphatic rings. The SMILES string of the molecule is CC(C)(NCc1nc2ccc(Oc3ccc(F)cc3)cc2n1C1CCOCC1)C(N)=O. The minimum atomic E-state index is -0.852. The molecule has 2 heterocycles. The predicted octanol–water partition coefficient (Wildman–Crippen LogP) is 3.67. The number of nitrogens with one attached hydrogen (secondary N) is 1. The van der Waals surface area contributed by atoms with Crippen LogP contribution in [0.2, 0.25) is 0 Å². The van der Waals surface area contributed by atoms with Crippen molar-refractivity contribution in [2.75, 3.05) is 13.2 Å². The molecule has 3 aromatic rings. The number of halogens is 1. The molecule has 3 N–H and O–H groups in total. The number of carbonyl (C=O) groups excluding carboxylic acids is 1. The lowest BCUT2D eigenvalue weighted by molar-refractivity contribution is -0.123. The van der Waals surface area contributed by atoms with Crippen molar-refractivity contribution in [3.05, 3.63) is 54.1 Å². The molecule has 0 spiro atoms. The molecule has 0 aliphatic carbocycles. The van der Waals surface area contributed by atoms with Crippen LogP contribution in [0.4, 0.5) is 4.39 Å². The molecule has 8 heteroatoms. The summed E-state index contributed by atoms with van der Waals surface area (Å²) in [5.74, 6) is 1.30. The highest BCUT2D eigenvalue weighted by Crippen LogP contribution is 2.32. The van der Waals surface area contributed by atoms with Gasteiger partial charge < -0.3 is 19.8 Å². The molecule has 1 fully saturated rings. The zero-order chi connectivity index (χ0) is 22.0. The molecule has 1 aromatic heterocycles. The number of fused-ring (bicyclic) bond motifs is 1. The first-order valence-corrected chi connectivity index (χ1v) is 10.4. The lowest BCUT2D eigenvalue weighted by atomic mass is 10.1. The number of rotatable bonds is 7. The zero-order valence-corrected chi connectivity index (χ0v) is 17.7. The molecule has 7 nitrogen and oxygen atoms in total. The van der Waals surface area contributed by atoms with Gasteiger partial charge in [0.1, 0.15) is 23.1 Å². The number of imidazole rings is 1. The molecule has 31 heavy (non-hydrogen) atoms. The molecule has 0 bridgehead atoms. The van der Waals surface area contributed by atoms with Crippen molar-refractivity contribution in [1.82, 2.24) is 14.9 Å². The Bertz CT molecular complexity index is 1070. The number of hydrogen-bond acceptors (Lipinski definition) is 5. The Labute approximate surface area is 180 Å². The number of hydrogen-bond donors (Lipinski definition) is 2. The van der Waals surface area contributed by atoms with Gasteiger partial charge in [0, 0.05) is 25.3 Å². The predicted molar refractivity (Wildman–Crippen MR) is 115 cm³/mol. The molecule has 1 saturated heterocycles. The minimum absolute atomic E-state index is 0.230. The maximum Gasteiger partial charge on any atom is 0.237 e. The van der Waals surface area contributed by atoms with Gasteiger partial charge in [-0.2, -0.15) is 0 Å². The van der Waals surface area contributed by atoms with Gasteiger partial charge in [0.25, 0.3) is 0 Å². The van der Waals surface area contributed by atoms with Crippen LogP contribution in [0.3, 0.4) is 0 Å². The van der Waals surface area contributed by atoms with E-state index in [1.165, 1.54) is 12.1 Å². The number of carbonyl (C=O) groups is 1. The largest absolute Gasteiger partial charge is 0.457 e. The average molecular weight is 426 g/mol. The lowest BCUT2D eigenvalue weighted by Gasteiger charge is -2.27. The van der Waals surface area contributed by atoms with Gasteiger partial charge >= 0.3 is 0 Å². The first-order chi connectivity index (χ1) is 14.8. The van der Waals surface area contributed by atoms with E-state index in [1.807, 2.05) is 18.2 Å². The second-order valence-electron chi connectivity index (χ2n) is 8.29. The van der Waals surface area contributed by atoms with Crippen LogP contribution in [0.15, 0.2) is 42.5 Å². The Balaban J connectivity index is 1.69. The monoisotopic (exact) mass is 426 g/mol. The first kappa shape index (κ1) is 21.3. The lowest BCUT2D eigenvalue weighted by Crippen LogP contribution is -2.50. The highest BCUT2D eigenvalue weighted by atomic mass is 19.1. The Morgan fingerprint density at radius 2 is 1.90 bits per heavy atom. The number of nitrogens with zero attached hydrogens (tertiary/aromatic N) is 2. The fourth-order valence-electron chi connectivity index (χ4n) is 3.69. The van der Waals surface area contributed by atoms with E-state index in [0.29, 0.717) is 31.3 Å². The topological polar surface area (TPSA) is 91.4 Å². The van der Waals surface area contributed by atoms with E-state index in [4.69, 9.17) is 20.2 Å². The summed E-state index contributed by atoms with van der Waals surface area (Å²) in [5.41, 5.74) is 6.44.